The summed E-state index contributed by atoms with van der Waals surface area (Å²) >= 11 is 0. The molecule has 0 aliphatic carbocycles. The first kappa shape index (κ1) is 11.7. The summed E-state index contributed by atoms with van der Waals surface area (Å²) in [5, 5.41) is 9.62. The van der Waals surface area contributed by atoms with Gasteiger partial charge in [-0.2, -0.15) is 0 Å². The summed E-state index contributed by atoms with van der Waals surface area (Å²) in [4.78, 5) is 0. The Morgan fingerprint density at radius 2 is 2.00 bits per heavy atom. The fourth-order valence-corrected chi connectivity index (χ4v) is 1.35. The summed E-state index contributed by atoms with van der Waals surface area (Å²) in [6.07, 6.45) is 8.10. The van der Waals surface area contributed by atoms with E-state index in [1.165, 1.54) is 0 Å². The number of rotatable bonds is 6. The molecule has 1 nitrogen and oxygen atoms in total. The predicted molar refractivity (Wildman–Crippen MR) is 65.5 cm³/mol. The van der Waals surface area contributed by atoms with Gasteiger partial charge in [-0.3, -0.25) is 0 Å². The maximum atomic E-state index is 9.62. The third-order valence-electron chi connectivity index (χ3n) is 2.22. The van der Waals surface area contributed by atoms with Gasteiger partial charge in [0.05, 0.1) is 6.10 Å². The first-order valence-corrected chi connectivity index (χ1v) is 5.35. The summed E-state index contributed by atoms with van der Waals surface area (Å²) in [6.45, 7) is 3.65. The van der Waals surface area contributed by atoms with Gasteiger partial charge in [0.15, 0.2) is 0 Å². The number of aliphatic hydroxyl groups is 1. The Balaban J connectivity index is 2.34. The van der Waals surface area contributed by atoms with E-state index >= 15 is 0 Å². The van der Waals surface area contributed by atoms with Crippen molar-refractivity contribution in [3.05, 3.63) is 54.6 Å². The van der Waals surface area contributed by atoms with Crippen LogP contribution in [-0.4, -0.2) is 11.2 Å². The second-order valence-corrected chi connectivity index (χ2v) is 3.56. The standard InChI is InChI=1S/C14H18O/c1-2-3-5-10-14(15)12-11-13-8-6-4-7-9-13/h2,4,6-9,11-12,14-15H,1,3,5,10H2/b12-11+. The Morgan fingerprint density at radius 3 is 2.67 bits per heavy atom. The van der Waals surface area contributed by atoms with Crippen LogP contribution in [0, 0.1) is 0 Å². The van der Waals surface area contributed by atoms with Gasteiger partial charge in [0.25, 0.3) is 0 Å². The maximum absolute atomic E-state index is 9.62. The molecule has 1 unspecified atom stereocenters. The van der Waals surface area contributed by atoms with Gasteiger partial charge in [-0.25, -0.2) is 0 Å². The third kappa shape index (κ3) is 5.18. The zero-order chi connectivity index (χ0) is 10.9. The summed E-state index contributed by atoms with van der Waals surface area (Å²) < 4.78 is 0. The van der Waals surface area contributed by atoms with Crippen molar-refractivity contribution >= 4 is 6.08 Å². The fourth-order valence-electron chi connectivity index (χ4n) is 1.35. The van der Waals surface area contributed by atoms with Crippen LogP contribution in [0.4, 0.5) is 0 Å². The molecular formula is C14H18O. The fraction of sp³-hybridized carbons (Fsp3) is 0.286. The zero-order valence-corrected chi connectivity index (χ0v) is 8.97. The Bertz CT molecular complexity index is 300. The molecule has 0 saturated heterocycles. The molecule has 0 aliphatic heterocycles. The van der Waals surface area contributed by atoms with Gasteiger partial charge in [0.2, 0.25) is 0 Å². The van der Waals surface area contributed by atoms with Crippen LogP contribution in [-0.2, 0) is 0 Å². The molecule has 0 heterocycles. The molecule has 1 aromatic rings. The molecule has 1 rings (SSSR count). The summed E-state index contributed by atoms with van der Waals surface area (Å²) in [5.41, 5.74) is 1.13. The first-order chi connectivity index (χ1) is 7.33. The molecule has 1 heteroatoms. The number of benzene rings is 1. The van der Waals surface area contributed by atoms with Crippen molar-refractivity contribution in [3.63, 3.8) is 0 Å². The van der Waals surface area contributed by atoms with Crippen molar-refractivity contribution in [1.82, 2.24) is 0 Å². The average Bonchev–Trinajstić information content (AvgIpc) is 2.28. The highest BCUT2D eigenvalue weighted by atomic mass is 16.3. The number of hydrogen-bond donors (Lipinski definition) is 1. The molecule has 80 valence electrons. The van der Waals surface area contributed by atoms with Crippen LogP contribution in [0.5, 0.6) is 0 Å². The van der Waals surface area contributed by atoms with Crippen LogP contribution >= 0.6 is 0 Å². The summed E-state index contributed by atoms with van der Waals surface area (Å²) in [5.74, 6) is 0. The smallest absolute Gasteiger partial charge is 0.0724 e. The monoisotopic (exact) mass is 202 g/mol. The molecule has 0 aromatic heterocycles. The zero-order valence-electron chi connectivity index (χ0n) is 8.97. The first-order valence-electron chi connectivity index (χ1n) is 5.35. The Morgan fingerprint density at radius 1 is 1.27 bits per heavy atom. The van der Waals surface area contributed by atoms with E-state index in [9.17, 15) is 5.11 Å². The van der Waals surface area contributed by atoms with Crippen molar-refractivity contribution in [3.8, 4) is 0 Å². The lowest BCUT2D eigenvalue weighted by Gasteiger charge is -2.03. The molecule has 0 spiro atoms. The van der Waals surface area contributed by atoms with Crippen LogP contribution in [0.3, 0.4) is 0 Å². The number of unbranched alkanes of at least 4 members (excludes halogenated alkanes) is 1. The number of aliphatic hydroxyl groups excluding tert-OH is 1. The van der Waals surface area contributed by atoms with E-state index in [-0.39, 0.29) is 6.10 Å². The van der Waals surface area contributed by atoms with E-state index in [1.54, 1.807) is 0 Å². The van der Waals surface area contributed by atoms with Crippen LogP contribution in [0.2, 0.25) is 0 Å². The van der Waals surface area contributed by atoms with E-state index in [2.05, 4.69) is 6.58 Å². The Labute approximate surface area is 91.8 Å². The van der Waals surface area contributed by atoms with Gasteiger partial charge in [-0.15, -0.1) is 6.58 Å². The SMILES string of the molecule is C=CCCCC(O)/C=C/c1ccccc1. The molecule has 0 amide bonds. The third-order valence-corrected chi connectivity index (χ3v) is 2.22. The van der Waals surface area contributed by atoms with Gasteiger partial charge >= 0.3 is 0 Å². The lowest BCUT2D eigenvalue weighted by molar-refractivity contribution is 0.211. The molecule has 0 bridgehead atoms. The van der Waals surface area contributed by atoms with Crippen molar-refractivity contribution in [1.29, 1.82) is 0 Å². The highest BCUT2D eigenvalue weighted by molar-refractivity contribution is 5.49. The lowest BCUT2D eigenvalue weighted by atomic mass is 10.1. The number of allylic oxidation sites excluding steroid dienone is 1. The molecule has 0 aliphatic rings. The van der Waals surface area contributed by atoms with E-state index in [1.807, 2.05) is 48.6 Å². The molecule has 1 N–H and O–H groups in total. The van der Waals surface area contributed by atoms with Gasteiger partial charge in [0.1, 0.15) is 0 Å². The van der Waals surface area contributed by atoms with E-state index < -0.39 is 0 Å². The molecule has 0 fully saturated rings. The minimum atomic E-state index is -0.342. The van der Waals surface area contributed by atoms with Crippen molar-refractivity contribution in [2.45, 2.75) is 25.4 Å². The topological polar surface area (TPSA) is 20.2 Å². The molecule has 15 heavy (non-hydrogen) atoms. The van der Waals surface area contributed by atoms with E-state index in [0.717, 1.165) is 24.8 Å². The minimum Gasteiger partial charge on any atom is -0.389 e. The molecule has 1 aromatic carbocycles. The summed E-state index contributed by atoms with van der Waals surface area (Å²) in [7, 11) is 0. The van der Waals surface area contributed by atoms with Gasteiger partial charge in [0, 0.05) is 0 Å². The molecule has 0 radical (unpaired) electrons. The van der Waals surface area contributed by atoms with Crippen molar-refractivity contribution in [2.24, 2.45) is 0 Å². The quantitative estimate of drug-likeness (QED) is 0.553. The van der Waals surface area contributed by atoms with Gasteiger partial charge < -0.3 is 5.11 Å². The van der Waals surface area contributed by atoms with E-state index in [0.29, 0.717) is 0 Å². The second kappa shape index (κ2) is 7.02. The highest BCUT2D eigenvalue weighted by Gasteiger charge is 1.97. The summed E-state index contributed by atoms with van der Waals surface area (Å²) in [6, 6.07) is 10.0. The highest BCUT2D eigenvalue weighted by Crippen LogP contribution is 2.06. The van der Waals surface area contributed by atoms with Crippen molar-refractivity contribution in [2.75, 3.05) is 0 Å². The molecule has 1 atom stereocenters. The van der Waals surface area contributed by atoms with Crippen LogP contribution in [0.25, 0.3) is 6.08 Å². The molecular weight excluding hydrogens is 184 g/mol. The Hall–Kier alpha value is -1.34. The van der Waals surface area contributed by atoms with Crippen LogP contribution in [0.15, 0.2) is 49.1 Å². The normalized spacial score (nSPS) is 12.9. The Kier molecular flexibility index (Phi) is 5.49. The van der Waals surface area contributed by atoms with Gasteiger partial charge in [-0.1, -0.05) is 48.6 Å². The lowest BCUT2D eigenvalue weighted by Crippen LogP contribution is -2.00. The van der Waals surface area contributed by atoms with Crippen LogP contribution in [0.1, 0.15) is 24.8 Å². The van der Waals surface area contributed by atoms with E-state index in [4.69, 9.17) is 0 Å². The number of hydrogen-bond acceptors (Lipinski definition) is 1. The molecule has 0 saturated carbocycles. The minimum absolute atomic E-state index is 0.342. The van der Waals surface area contributed by atoms with Crippen molar-refractivity contribution < 1.29 is 5.11 Å². The second-order valence-electron chi connectivity index (χ2n) is 3.56. The van der Waals surface area contributed by atoms with Gasteiger partial charge in [-0.05, 0) is 24.8 Å². The largest absolute Gasteiger partial charge is 0.389 e. The predicted octanol–water partition coefficient (Wildman–Crippen LogP) is 3.42. The average molecular weight is 202 g/mol. The van der Waals surface area contributed by atoms with Crippen LogP contribution < -0.4 is 0 Å². The maximum Gasteiger partial charge on any atom is 0.0724 e.